The van der Waals surface area contributed by atoms with E-state index in [-0.39, 0.29) is 18.7 Å². The fourth-order valence-electron chi connectivity index (χ4n) is 6.26. The van der Waals surface area contributed by atoms with Gasteiger partial charge < -0.3 is 20.1 Å². The highest BCUT2D eigenvalue weighted by Crippen LogP contribution is 2.34. The number of hydrogen-bond donors (Lipinski definition) is 2. The molecule has 3 fully saturated rings. The van der Waals surface area contributed by atoms with Crippen LogP contribution in [-0.2, 0) is 16.1 Å². The van der Waals surface area contributed by atoms with E-state index < -0.39 is 23.7 Å². The van der Waals surface area contributed by atoms with Crippen molar-refractivity contribution in [1.29, 1.82) is 0 Å². The van der Waals surface area contributed by atoms with Gasteiger partial charge in [-0.2, -0.15) is 0 Å². The summed E-state index contributed by atoms with van der Waals surface area (Å²) in [6.07, 6.45) is 7.96. The van der Waals surface area contributed by atoms with Crippen molar-refractivity contribution in [3.8, 4) is 0 Å². The van der Waals surface area contributed by atoms with Crippen LogP contribution in [-0.4, -0.2) is 72.3 Å². The molecule has 41 heavy (non-hydrogen) atoms. The van der Waals surface area contributed by atoms with E-state index in [4.69, 9.17) is 4.74 Å². The minimum Gasteiger partial charge on any atom is -0.480 e. The number of nitrogens with zero attached hydrogens (tertiary/aromatic N) is 2. The van der Waals surface area contributed by atoms with Crippen LogP contribution < -0.4 is 5.32 Å². The van der Waals surface area contributed by atoms with Crippen molar-refractivity contribution in [3.63, 3.8) is 0 Å². The van der Waals surface area contributed by atoms with Crippen molar-refractivity contribution >= 4 is 12.1 Å². The number of ether oxygens (including phenoxy) is 1. The van der Waals surface area contributed by atoms with E-state index in [9.17, 15) is 23.5 Å². The molecule has 0 radical (unpaired) electrons. The van der Waals surface area contributed by atoms with E-state index in [2.05, 4.69) is 39.4 Å². The van der Waals surface area contributed by atoms with Gasteiger partial charge in [-0.05, 0) is 80.8 Å². The lowest BCUT2D eigenvalue weighted by Crippen LogP contribution is -2.45. The normalized spacial score (nSPS) is 21.5. The number of carboxylic acids is 1. The van der Waals surface area contributed by atoms with Crippen LogP contribution in [0.2, 0.25) is 0 Å². The van der Waals surface area contributed by atoms with Gasteiger partial charge in [-0.25, -0.2) is 13.6 Å². The lowest BCUT2D eigenvalue weighted by atomic mass is 9.83. The van der Waals surface area contributed by atoms with E-state index in [0.717, 1.165) is 70.4 Å². The van der Waals surface area contributed by atoms with Crippen molar-refractivity contribution < 1.29 is 28.2 Å². The van der Waals surface area contributed by atoms with Gasteiger partial charge in [0.2, 0.25) is 0 Å². The lowest BCUT2D eigenvalue weighted by Gasteiger charge is -2.33. The number of likely N-dealkylation sites (tertiary alicyclic amines) is 2. The van der Waals surface area contributed by atoms with E-state index in [0.29, 0.717) is 17.4 Å². The van der Waals surface area contributed by atoms with E-state index in [1.54, 1.807) is 0 Å². The van der Waals surface area contributed by atoms with Crippen LogP contribution in [0.3, 0.4) is 0 Å². The van der Waals surface area contributed by atoms with Gasteiger partial charge in [0.15, 0.2) is 11.6 Å². The largest absolute Gasteiger partial charge is 0.480 e. The number of aliphatic carboxylic acids is 1. The highest BCUT2D eigenvalue weighted by Gasteiger charge is 2.38. The maximum atomic E-state index is 13.0. The second kappa shape index (κ2) is 15.3. The maximum Gasteiger partial charge on any atom is 0.407 e. The Morgan fingerprint density at radius 2 is 1.66 bits per heavy atom. The molecule has 224 valence electrons. The molecule has 9 heteroatoms. The molecule has 3 aliphatic rings. The monoisotopic (exact) mass is 571 g/mol. The number of amides is 1. The molecule has 7 nitrogen and oxygen atoms in total. The Labute approximate surface area is 241 Å². The first kappa shape index (κ1) is 30.9. The highest BCUT2D eigenvalue weighted by atomic mass is 19.2. The van der Waals surface area contributed by atoms with Gasteiger partial charge in [0.05, 0.1) is 0 Å². The fraction of sp³-hybridized carbons (Fsp3) is 0.562. The van der Waals surface area contributed by atoms with Crippen molar-refractivity contribution in [2.45, 2.75) is 76.0 Å². The predicted molar refractivity (Wildman–Crippen MR) is 154 cm³/mol. The Morgan fingerprint density at radius 3 is 2.32 bits per heavy atom. The number of nitrogens with one attached hydrogen (secondary N) is 1. The minimum atomic E-state index is -0.923. The van der Waals surface area contributed by atoms with E-state index in [1.807, 2.05) is 13.1 Å². The first-order chi connectivity index (χ1) is 19.8. The smallest absolute Gasteiger partial charge is 0.407 e. The van der Waals surface area contributed by atoms with Gasteiger partial charge in [-0.15, -0.1) is 0 Å². The molecule has 2 aromatic rings. The van der Waals surface area contributed by atoms with Crippen LogP contribution in [0.5, 0.6) is 0 Å². The number of piperidine rings is 1. The summed E-state index contributed by atoms with van der Waals surface area (Å²) in [7, 11) is 2.03. The van der Waals surface area contributed by atoms with E-state index >= 15 is 0 Å². The van der Waals surface area contributed by atoms with Crippen LogP contribution in [0.1, 0.15) is 68.4 Å². The van der Waals surface area contributed by atoms with E-state index in [1.165, 1.54) is 30.9 Å². The molecule has 0 aromatic heterocycles. The zero-order chi connectivity index (χ0) is 29.2. The highest BCUT2D eigenvalue weighted by molar-refractivity contribution is 5.74. The summed E-state index contributed by atoms with van der Waals surface area (Å²) in [5.74, 6) is -1.59. The fourth-order valence-corrected chi connectivity index (χ4v) is 6.26. The van der Waals surface area contributed by atoms with Crippen molar-refractivity contribution in [2.75, 3.05) is 33.2 Å². The molecule has 2 aliphatic heterocycles. The molecule has 2 heterocycles. The van der Waals surface area contributed by atoms with Gasteiger partial charge in [-0.3, -0.25) is 9.69 Å². The van der Waals surface area contributed by atoms with Crippen LogP contribution in [0.25, 0.3) is 0 Å². The molecule has 1 amide bonds. The number of alkyl carbamates (subject to hydrolysis) is 1. The number of hydrogen-bond acceptors (Lipinski definition) is 5. The zero-order valence-corrected chi connectivity index (χ0v) is 23.9. The molecule has 0 spiro atoms. The topological polar surface area (TPSA) is 82.1 Å². The van der Waals surface area contributed by atoms with Crippen LogP contribution in [0.15, 0.2) is 48.5 Å². The quantitative estimate of drug-likeness (QED) is 0.438. The number of carboxylic acid groups (broad SMARTS) is 1. The second-order valence-electron chi connectivity index (χ2n) is 11.6. The van der Waals surface area contributed by atoms with Crippen LogP contribution >= 0.6 is 0 Å². The molecule has 2 N–H and O–H groups in total. The van der Waals surface area contributed by atoms with Crippen molar-refractivity contribution in [2.24, 2.45) is 5.92 Å². The number of benzene rings is 2. The van der Waals surface area contributed by atoms with Crippen LogP contribution in [0, 0.1) is 17.6 Å². The number of carbonyl (C=O) groups is 2. The Bertz CT molecular complexity index is 1120. The Kier molecular flexibility index (Phi) is 11.5. The summed E-state index contributed by atoms with van der Waals surface area (Å²) in [6, 6.07) is 13.8. The SMILES string of the molecule is CN1CCC(OC(=O)NCc2ccc(F)c(F)c2)CC1.O=C(O)[C@@H](C1CCCCC1)N1CC[C@@H](c2ccccc2)C1. The average Bonchev–Trinajstić information content (AvgIpc) is 3.46. The third kappa shape index (κ3) is 9.23. The molecule has 2 atom stereocenters. The minimum absolute atomic E-state index is 0.0730. The molecule has 5 rings (SSSR count). The summed E-state index contributed by atoms with van der Waals surface area (Å²) < 4.78 is 31.0. The molecule has 0 bridgehead atoms. The van der Waals surface area contributed by atoms with Gasteiger partial charge in [0, 0.05) is 26.2 Å². The van der Waals surface area contributed by atoms with Gasteiger partial charge in [0.25, 0.3) is 0 Å². The van der Waals surface area contributed by atoms with Crippen molar-refractivity contribution in [3.05, 3.63) is 71.3 Å². The molecule has 1 aliphatic carbocycles. The first-order valence-corrected chi connectivity index (χ1v) is 14.9. The molecular weight excluding hydrogens is 528 g/mol. The third-order valence-electron chi connectivity index (χ3n) is 8.59. The maximum absolute atomic E-state index is 13.0. The lowest BCUT2D eigenvalue weighted by molar-refractivity contribution is -0.145. The Balaban J connectivity index is 0.000000189. The number of halogens is 2. The number of carbonyl (C=O) groups excluding carboxylic acids is 1. The molecule has 2 aromatic carbocycles. The average molecular weight is 572 g/mol. The first-order valence-electron chi connectivity index (χ1n) is 14.9. The van der Waals surface area contributed by atoms with Crippen molar-refractivity contribution in [1.82, 2.24) is 15.1 Å². The third-order valence-corrected chi connectivity index (χ3v) is 8.59. The second-order valence-corrected chi connectivity index (χ2v) is 11.6. The summed E-state index contributed by atoms with van der Waals surface area (Å²) in [5.41, 5.74) is 1.84. The van der Waals surface area contributed by atoms with Gasteiger partial charge >= 0.3 is 12.1 Å². The predicted octanol–water partition coefficient (Wildman–Crippen LogP) is 5.79. The Hall–Kier alpha value is -3.04. The number of rotatable bonds is 7. The molecular formula is C32H43F2N3O4. The van der Waals surface area contributed by atoms with Gasteiger partial charge in [-0.1, -0.05) is 55.7 Å². The summed E-state index contributed by atoms with van der Waals surface area (Å²) in [6.45, 7) is 3.75. The Morgan fingerprint density at radius 1 is 0.951 bits per heavy atom. The molecule has 1 saturated carbocycles. The summed E-state index contributed by atoms with van der Waals surface area (Å²) in [4.78, 5) is 27.8. The zero-order valence-electron chi connectivity index (χ0n) is 23.9. The summed E-state index contributed by atoms with van der Waals surface area (Å²) >= 11 is 0. The van der Waals surface area contributed by atoms with Crippen LogP contribution in [0.4, 0.5) is 13.6 Å². The standard InChI is InChI=1S/C18H25NO2.C14H18F2N2O2/c20-18(21)17(15-9-5-2-6-10-15)19-12-11-16(13-19)14-7-3-1-4-8-14;1-18-6-4-11(5-7-18)20-14(19)17-9-10-2-3-12(15)13(16)8-10/h1,3-4,7-8,15-17H,2,5-6,9-13H2,(H,20,21);2-3,8,11H,4-7,9H2,1H3,(H,17,19)/t16-,17-;/m1./s1. The molecule has 2 saturated heterocycles. The summed E-state index contributed by atoms with van der Waals surface area (Å²) in [5, 5.41) is 12.2. The van der Waals surface area contributed by atoms with Gasteiger partial charge in [0.1, 0.15) is 12.1 Å². The molecule has 0 unspecified atom stereocenters.